The van der Waals surface area contributed by atoms with E-state index in [9.17, 15) is 22.0 Å². The van der Waals surface area contributed by atoms with Crippen molar-refractivity contribution in [3.63, 3.8) is 0 Å². The zero-order valence-corrected chi connectivity index (χ0v) is 24.9. The minimum absolute atomic E-state index is 0.0528. The zero-order chi connectivity index (χ0) is 32.0. The van der Waals surface area contributed by atoms with Crippen LogP contribution in [0.15, 0.2) is 53.9 Å². The first-order chi connectivity index (χ1) is 22.0. The topological polar surface area (TPSA) is 184 Å². The lowest BCUT2D eigenvalue weighted by molar-refractivity contribution is -0.286. The van der Waals surface area contributed by atoms with Gasteiger partial charge in [-0.15, -0.1) is 19.0 Å². The minimum atomic E-state index is -3.82. The number of nitrogens with one attached hydrogen (secondary N) is 1. The molecule has 4 aromatic heterocycles. The lowest BCUT2D eigenvalue weighted by Gasteiger charge is -2.38. The Morgan fingerprint density at radius 3 is 2.48 bits per heavy atom. The van der Waals surface area contributed by atoms with E-state index in [1.807, 2.05) is 4.90 Å². The average molecular weight is 650 g/mol. The second kappa shape index (κ2) is 9.90. The summed E-state index contributed by atoms with van der Waals surface area (Å²) in [6.07, 6.45) is 4.40. The Labute approximate surface area is 259 Å². The number of carbonyl (C=O) groups is 1. The number of hydrogen-bond donors (Lipinski definition) is 2. The largest absolute Gasteiger partial charge is 0.586 e. The molecule has 3 aliphatic rings. The quantitative estimate of drug-likeness (QED) is 0.284. The maximum atomic E-state index is 13.5. The summed E-state index contributed by atoms with van der Waals surface area (Å²) in [6, 6.07) is 7.64. The Morgan fingerprint density at radius 1 is 1.07 bits per heavy atom. The molecule has 5 aromatic rings. The Bertz CT molecular complexity index is 2120. The van der Waals surface area contributed by atoms with Gasteiger partial charge < -0.3 is 25.1 Å². The van der Waals surface area contributed by atoms with E-state index in [2.05, 4.69) is 34.7 Å². The van der Waals surface area contributed by atoms with Gasteiger partial charge in [-0.1, -0.05) is 6.07 Å². The molecule has 2 fully saturated rings. The third-order valence-corrected chi connectivity index (χ3v) is 9.94. The van der Waals surface area contributed by atoms with Gasteiger partial charge in [0.15, 0.2) is 27.0 Å². The molecule has 3 aliphatic heterocycles. The van der Waals surface area contributed by atoms with E-state index in [1.54, 1.807) is 24.4 Å². The molecule has 3 N–H and O–H groups in total. The first-order valence-corrected chi connectivity index (χ1v) is 16.3. The van der Waals surface area contributed by atoms with E-state index in [-0.39, 0.29) is 51.9 Å². The molecule has 17 heteroatoms. The van der Waals surface area contributed by atoms with Crippen molar-refractivity contribution in [2.45, 2.75) is 54.9 Å². The summed E-state index contributed by atoms with van der Waals surface area (Å²) in [4.78, 5) is 27.1. The molecule has 1 amide bonds. The highest BCUT2D eigenvalue weighted by atomic mass is 32.2. The molecule has 7 heterocycles. The van der Waals surface area contributed by atoms with Gasteiger partial charge in [0.2, 0.25) is 5.82 Å². The number of anilines is 1. The standard InChI is InChI=1S/C29H25F2N9O5S/c1-46(42,43)24-23(16-8-17-4-5-18(9-16)39(17)28(41)26-34-13-35-38-26)37-27-19(12-36-40(27)25(24)32)15-2-6-20(33-11-15)14-3-7-21-22(10-14)45-29(30,31)44-21/h2-3,6-7,10-13,16-18H,4-5,8-9,32H2,1H3,(H,34,35,38)/t16-,17+,18-. The lowest BCUT2D eigenvalue weighted by Crippen LogP contribution is -2.46. The number of ether oxygens (including phenoxy) is 2. The summed E-state index contributed by atoms with van der Waals surface area (Å²) in [6.45, 7) is 0. The number of alkyl halides is 2. The summed E-state index contributed by atoms with van der Waals surface area (Å²) in [5.41, 5.74) is 9.43. The van der Waals surface area contributed by atoms with Gasteiger partial charge in [0.25, 0.3) is 5.91 Å². The number of benzene rings is 1. The fourth-order valence-electron chi connectivity index (χ4n) is 6.87. The summed E-state index contributed by atoms with van der Waals surface area (Å²) in [7, 11) is -3.82. The first-order valence-electron chi connectivity index (χ1n) is 14.4. The molecule has 0 aliphatic carbocycles. The number of rotatable bonds is 5. The van der Waals surface area contributed by atoms with Crippen LogP contribution in [0.25, 0.3) is 28.0 Å². The molecular formula is C29H25F2N9O5S. The average Bonchev–Trinajstić information content (AvgIpc) is 3.80. The minimum Gasteiger partial charge on any atom is -0.395 e. The van der Waals surface area contributed by atoms with Crippen molar-refractivity contribution in [2.75, 3.05) is 12.0 Å². The van der Waals surface area contributed by atoms with Gasteiger partial charge in [-0.3, -0.25) is 9.78 Å². The molecule has 14 nitrogen and oxygen atoms in total. The van der Waals surface area contributed by atoms with Crippen LogP contribution in [0, 0.1) is 0 Å². The van der Waals surface area contributed by atoms with E-state index in [0.29, 0.717) is 46.6 Å². The Morgan fingerprint density at radius 2 is 1.80 bits per heavy atom. The van der Waals surface area contributed by atoms with E-state index in [1.165, 1.54) is 29.2 Å². The van der Waals surface area contributed by atoms with Crippen molar-refractivity contribution in [2.24, 2.45) is 0 Å². The van der Waals surface area contributed by atoms with E-state index >= 15 is 0 Å². The van der Waals surface area contributed by atoms with E-state index in [0.717, 1.165) is 19.1 Å². The molecule has 0 spiro atoms. The molecular weight excluding hydrogens is 624 g/mol. The second-order valence-corrected chi connectivity index (χ2v) is 13.6. The number of halogens is 2. The van der Waals surface area contributed by atoms with Crippen LogP contribution in [0.3, 0.4) is 0 Å². The van der Waals surface area contributed by atoms with Crippen LogP contribution < -0.4 is 15.2 Å². The number of pyridine rings is 1. The van der Waals surface area contributed by atoms with Crippen molar-refractivity contribution in [1.82, 2.24) is 39.7 Å². The number of aromatic nitrogens is 7. The van der Waals surface area contributed by atoms with Crippen LogP contribution in [-0.2, 0) is 9.84 Å². The monoisotopic (exact) mass is 649 g/mol. The highest BCUT2D eigenvalue weighted by Crippen LogP contribution is 2.46. The molecule has 0 unspecified atom stereocenters. The Hall–Kier alpha value is -5.19. The van der Waals surface area contributed by atoms with Crippen molar-refractivity contribution in [3.05, 3.63) is 60.6 Å². The van der Waals surface area contributed by atoms with Gasteiger partial charge in [-0.05, 0) is 49.9 Å². The summed E-state index contributed by atoms with van der Waals surface area (Å²) in [5, 5.41) is 12.0. The van der Waals surface area contributed by atoms with Crippen LogP contribution in [0.2, 0.25) is 0 Å². The van der Waals surface area contributed by atoms with Gasteiger partial charge in [0.05, 0.1) is 17.6 Å². The van der Waals surface area contributed by atoms with Crippen LogP contribution in [0.5, 0.6) is 11.5 Å². The molecule has 0 saturated carbocycles. The number of carbonyl (C=O) groups excluding carboxylic acids is 1. The molecule has 0 radical (unpaired) electrons. The normalized spacial score (nSPS) is 21.6. The smallest absolute Gasteiger partial charge is 0.395 e. The van der Waals surface area contributed by atoms with Crippen molar-refractivity contribution in [3.8, 4) is 33.9 Å². The Balaban J connectivity index is 1.15. The van der Waals surface area contributed by atoms with Crippen LogP contribution in [0.1, 0.15) is 47.9 Å². The number of hydrogen-bond acceptors (Lipinski definition) is 11. The first kappa shape index (κ1) is 28.3. The summed E-state index contributed by atoms with van der Waals surface area (Å²) < 4.78 is 63.5. The molecule has 2 bridgehead atoms. The van der Waals surface area contributed by atoms with Crippen molar-refractivity contribution in [1.29, 1.82) is 0 Å². The van der Waals surface area contributed by atoms with Crippen LogP contribution >= 0.6 is 0 Å². The molecule has 236 valence electrons. The third kappa shape index (κ3) is 4.52. The van der Waals surface area contributed by atoms with Crippen LogP contribution in [0.4, 0.5) is 14.6 Å². The number of aromatic amines is 1. The number of fused-ring (bicyclic) bond motifs is 4. The van der Waals surface area contributed by atoms with Gasteiger partial charge in [-0.25, -0.2) is 13.4 Å². The number of piperidine rings is 1. The Kier molecular flexibility index (Phi) is 6.09. The second-order valence-electron chi connectivity index (χ2n) is 11.6. The van der Waals surface area contributed by atoms with Gasteiger partial charge in [-0.2, -0.15) is 9.61 Å². The predicted octanol–water partition coefficient (Wildman–Crippen LogP) is 3.43. The number of nitrogen functional groups attached to an aromatic ring is 1. The molecule has 46 heavy (non-hydrogen) atoms. The van der Waals surface area contributed by atoms with Gasteiger partial charge in [0, 0.05) is 47.1 Å². The highest BCUT2D eigenvalue weighted by Gasteiger charge is 2.46. The number of amides is 1. The van der Waals surface area contributed by atoms with E-state index in [4.69, 9.17) is 10.7 Å². The molecule has 1 aromatic carbocycles. The highest BCUT2D eigenvalue weighted by molar-refractivity contribution is 7.91. The molecule has 3 atom stereocenters. The lowest BCUT2D eigenvalue weighted by atomic mass is 9.87. The fraction of sp³-hybridized carbons (Fsp3) is 0.310. The van der Waals surface area contributed by atoms with Crippen LogP contribution in [-0.4, -0.2) is 78.6 Å². The van der Waals surface area contributed by atoms with Crippen molar-refractivity contribution < 1.29 is 31.5 Å². The fourth-order valence-corrected chi connectivity index (χ4v) is 7.93. The summed E-state index contributed by atoms with van der Waals surface area (Å²) in [5.74, 6) is -0.559. The third-order valence-electron chi connectivity index (χ3n) is 8.78. The number of nitrogens with zero attached hydrogens (tertiary/aromatic N) is 7. The maximum absolute atomic E-state index is 13.5. The van der Waals surface area contributed by atoms with Gasteiger partial charge in [0.1, 0.15) is 17.0 Å². The zero-order valence-electron chi connectivity index (χ0n) is 24.1. The number of H-pyrrole nitrogens is 1. The summed E-state index contributed by atoms with van der Waals surface area (Å²) >= 11 is 0. The maximum Gasteiger partial charge on any atom is 0.586 e. The predicted molar refractivity (Wildman–Crippen MR) is 157 cm³/mol. The van der Waals surface area contributed by atoms with E-state index < -0.39 is 16.1 Å². The van der Waals surface area contributed by atoms with Crippen molar-refractivity contribution >= 4 is 27.2 Å². The number of sulfone groups is 1. The SMILES string of the molecule is CS(=O)(=O)c1c([C@H]2C[C@H]3CC[C@@H](C2)N3C(=O)c2nnc[nH]2)nc2c(-c3ccc(-c4ccc5c(c4)OC(F)(F)O5)nc3)cnn2c1N. The molecule has 2 saturated heterocycles. The molecule has 8 rings (SSSR count). The van der Waals surface area contributed by atoms with Gasteiger partial charge >= 0.3 is 6.29 Å². The number of nitrogens with two attached hydrogens (primary N) is 1.